The molecule has 3 aromatic rings. The number of hydrogen-bond donors (Lipinski definition) is 1. The van der Waals surface area contributed by atoms with Crippen LogP contribution >= 0.6 is 0 Å². The zero-order valence-electron chi connectivity index (χ0n) is 15.3. The van der Waals surface area contributed by atoms with E-state index in [1.165, 1.54) is 0 Å². The highest BCUT2D eigenvalue weighted by atomic mass is 19.4. The van der Waals surface area contributed by atoms with Gasteiger partial charge in [0.05, 0.1) is 5.56 Å². The maximum absolute atomic E-state index is 13.4. The van der Waals surface area contributed by atoms with Crippen molar-refractivity contribution in [1.29, 1.82) is 0 Å². The van der Waals surface area contributed by atoms with E-state index in [1.54, 1.807) is 30.3 Å². The van der Waals surface area contributed by atoms with Crippen molar-refractivity contribution in [2.75, 3.05) is 0 Å². The minimum Gasteiger partial charge on any atom is -0.457 e. The molecule has 1 aliphatic heterocycles. The normalized spacial score (nSPS) is 16.0. The van der Waals surface area contributed by atoms with E-state index in [9.17, 15) is 17.6 Å². The van der Waals surface area contributed by atoms with Gasteiger partial charge in [0.1, 0.15) is 29.2 Å². The summed E-state index contributed by atoms with van der Waals surface area (Å²) in [5.41, 5.74) is 1.89. The number of hydrogen-bond acceptors (Lipinski definition) is 4. The summed E-state index contributed by atoms with van der Waals surface area (Å²) < 4.78 is 63.0. The SMILES string of the molecule is Fc1ccc(OC2=CC(c3ccc(Oc4ccccc4)cc3)ON2)cc1C(F)(F)F. The zero-order chi connectivity index (χ0) is 21.1. The molecule has 0 bridgehead atoms. The maximum Gasteiger partial charge on any atom is 0.419 e. The number of rotatable bonds is 5. The van der Waals surface area contributed by atoms with Crippen molar-refractivity contribution in [3.05, 3.63) is 102 Å². The Balaban J connectivity index is 1.44. The van der Waals surface area contributed by atoms with Gasteiger partial charge in [-0.2, -0.15) is 13.2 Å². The molecule has 3 aromatic carbocycles. The van der Waals surface area contributed by atoms with E-state index in [1.807, 2.05) is 30.3 Å². The molecule has 0 fully saturated rings. The third-order valence-electron chi connectivity index (χ3n) is 4.25. The Morgan fingerprint density at radius 1 is 0.800 bits per heavy atom. The summed E-state index contributed by atoms with van der Waals surface area (Å²) in [6.45, 7) is 0. The summed E-state index contributed by atoms with van der Waals surface area (Å²) in [6, 6.07) is 18.8. The highest BCUT2D eigenvalue weighted by molar-refractivity contribution is 5.36. The molecule has 30 heavy (non-hydrogen) atoms. The third kappa shape index (κ3) is 4.55. The minimum absolute atomic E-state index is 0.101. The fourth-order valence-corrected chi connectivity index (χ4v) is 2.81. The van der Waals surface area contributed by atoms with Crippen LogP contribution in [0.4, 0.5) is 17.6 Å². The topological polar surface area (TPSA) is 39.7 Å². The van der Waals surface area contributed by atoms with E-state index < -0.39 is 23.7 Å². The number of ether oxygens (including phenoxy) is 2. The van der Waals surface area contributed by atoms with E-state index in [0.717, 1.165) is 11.6 Å². The van der Waals surface area contributed by atoms with Crippen molar-refractivity contribution in [2.45, 2.75) is 12.3 Å². The molecule has 1 N–H and O–H groups in total. The summed E-state index contributed by atoms with van der Waals surface area (Å²) in [6.07, 6.45) is -3.78. The molecule has 0 aliphatic carbocycles. The van der Waals surface area contributed by atoms with Crippen LogP contribution in [0.1, 0.15) is 17.2 Å². The van der Waals surface area contributed by atoms with Gasteiger partial charge in [-0.05, 0) is 48.0 Å². The Morgan fingerprint density at radius 3 is 2.17 bits per heavy atom. The second kappa shape index (κ2) is 8.08. The summed E-state index contributed by atoms with van der Waals surface area (Å²) >= 11 is 0. The molecule has 1 aliphatic rings. The summed E-state index contributed by atoms with van der Waals surface area (Å²) in [4.78, 5) is 5.40. The predicted molar refractivity (Wildman–Crippen MR) is 100 cm³/mol. The average Bonchev–Trinajstić information content (AvgIpc) is 3.18. The molecule has 8 heteroatoms. The van der Waals surface area contributed by atoms with Gasteiger partial charge in [-0.3, -0.25) is 4.84 Å². The summed E-state index contributed by atoms with van der Waals surface area (Å²) in [5, 5.41) is 0. The standard InChI is InChI=1S/C22H15F4NO3/c23-19-11-10-17(12-18(19)22(24,25)26)29-21-13-20(30-27-21)14-6-8-16(9-7-14)28-15-4-2-1-3-5-15/h1-13,20,27H. The first-order valence-electron chi connectivity index (χ1n) is 8.89. The molecule has 1 atom stereocenters. The molecule has 0 spiro atoms. The van der Waals surface area contributed by atoms with Crippen LogP contribution in [0, 0.1) is 5.82 Å². The fraction of sp³-hybridized carbons (Fsp3) is 0.0909. The van der Waals surface area contributed by atoms with Crippen molar-refractivity contribution in [3.63, 3.8) is 0 Å². The first kappa shape index (κ1) is 19.8. The predicted octanol–water partition coefficient (Wildman–Crippen LogP) is 6.13. The van der Waals surface area contributed by atoms with Crippen LogP contribution in [-0.2, 0) is 11.0 Å². The number of nitrogens with one attached hydrogen (secondary N) is 1. The van der Waals surface area contributed by atoms with Crippen LogP contribution in [0.3, 0.4) is 0 Å². The monoisotopic (exact) mass is 417 g/mol. The van der Waals surface area contributed by atoms with Crippen LogP contribution in [-0.4, -0.2) is 0 Å². The lowest BCUT2D eigenvalue weighted by Gasteiger charge is -2.11. The number of halogens is 4. The second-order valence-corrected chi connectivity index (χ2v) is 6.40. The van der Waals surface area contributed by atoms with Gasteiger partial charge in [-0.25, -0.2) is 9.87 Å². The van der Waals surface area contributed by atoms with E-state index in [-0.39, 0.29) is 11.6 Å². The van der Waals surface area contributed by atoms with Gasteiger partial charge in [0.2, 0.25) is 5.88 Å². The van der Waals surface area contributed by atoms with Gasteiger partial charge in [-0.1, -0.05) is 30.3 Å². The average molecular weight is 417 g/mol. The van der Waals surface area contributed by atoms with Crippen LogP contribution in [0.2, 0.25) is 0 Å². The largest absolute Gasteiger partial charge is 0.457 e. The van der Waals surface area contributed by atoms with Crippen molar-refractivity contribution >= 4 is 0 Å². The van der Waals surface area contributed by atoms with Gasteiger partial charge in [0, 0.05) is 6.08 Å². The molecule has 0 saturated carbocycles. The molecule has 0 aromatic heterocycles. The van der Waals surface area contributed by atoms with Gasteiger partial charge in [-0.15, -0.1) is 0 Å². The smallest absolute Gasteiger partial charge is 0.419 e. The number of benzene rings is 3. The minimum atomic E-state index is -4.82. The first-order valence-corrected chi connectivity index (χ1v) is 8.89. The van der Waals surface area contributed by atoms with Crippen molar-refractivity contribution in [2.24, 2.45) is 0 Å². The van der Waals surface area contributed by atoms with E-state index in [2.05, 4.69) is 5.48 Å². The zero-order valence-corrected chi connectivity index (χ0v) is 15.3. The number of para-hydroxylation sites is 1. The number of alkyl halides is 3. The van der Waals surface area contributed by atoms with E-state index in [4.69, 9.17) is 14.3 Å². The second-order valence-electron chi connectivity index (χ2n) is 6.40. The molecule has 1 heterocycles. The van der Waals surface area contributed by atoms with Crippen LogP contribution in [0.15, 0.2) is 84.8 Å². The molecule has 4 nitrogen and oxygen atoms in total. The summed E-state index contributed by atoms with van der Waals surface area (Å²) in [5.74, 6) is -0.0858. The highest BCUT2D eigenvalue weighted by Crippen LogP contribution is 2.34. The first-order chi connectivity index (χ1) is 14.4. The van der Waals surface area contributed by atoms with Crippen molar-refractivity contribution in [3.8, 4) is 17.2 Å². The van der Waals surface area contributed by atoms with Gasteiger partial charge < -0.3 is 9.47 Å². The van der Waals surface area contributed by atoms with Crippen LogP contribution in [0.25, 0.3) is 0 Å². The summed E-state index contributed by atoms with van der Waals surface area (Å²) in [7, 11) is 0. The quantitative estimate of drug-likeness (QED) is 0.507. The van der Waals surface area contributed by atoms with Crippen LogP contribution in [0.5, 0.6) is 17.2 Å². The Morgan fingerprint density at radius 2 is 1.47 bits per heavy atom. The number of hydroxylamine groups is 1. The van der Waals surface area contributed by atoms with Crippen molar-refractivity contribution in [1.82, 2.24) is 5.48 Å². The Hall–Kier alpha value is -3.52. The molecule has 4 rings (SSSR count). The highest BCUT2D eigenvalue weighted by Gasteiger charge is 2.34. The van der Waals surface area contributed by atoms with Crippen LogP contribution < -0.4 is 15.0 Å². The van der Waals surface area contributed by atoms with Gasteiger partial charge >= 0.3 is 6.18 Å². The van der Waals surface area contributed by atoms with Gasteiger partial charge in [0.25, 0.3) is 0 Å². The molecule has 1 unspecified atom stereocenters. The molecule has 154 valence electrons. The lowest BCUT2D eigenvalue weighted by atomic mass is 10.1. The van der Waals surface area contributed by atoms with Gasteiger partial charge in [0.15, 0.2) is 0 Å². The molecular weight excluding hydrogens is 402 g/mol. The maximum atomic E-state index is 13.4. The Bertz CT molecular complexity index is 1050. The lowest BCUT2D eigenvalue weighted by molar-refractivity contribution is -0.140. The Kier molecular flexibility index (Phi) is 5.33. The van der Waals surface area contributed by atoms with Crippen molar-refractivity contribution < 1.29 is 31.9 Å². The molecule has 0 amide bonds. The lowest BCUT2D eigenvalue weighted by Crippen LogP contribution is -2.13. The molecule has 0 radical (unpaired) electrons. The van der Waals surface area contributed by atoms with E-state index >= 15 is 0 Å². The Labute approximate surface area is 169 Å². The molecule has 0 saturated heterocycles. The van der Waals surface area contributed by atoms with E-state index in [0.29, 0.717) is 23.6 Å². The molecular formula is C22H15F4NO3. The third-order valence-corrected chi connectivity index (χ3v) is 4.25. The fourth-order valence-electron chi connectivity index (χ4n) is 2.81.